The predicted octanol–water partition coefficient (Wildman–Crippen LogP) is 3.24. The first-order chi connectivity index (χ1) is 14.2. The monoisotopic (exact) mass is 477 g/mol. The molecule has 2 amide bonds. The van der Waals surface area contributed by atoms with Gasteiger partial charge in [-0.1, -0.05) is 74.7 Å². The molecule has 1 saturated carbocycles. The van der Waals surface area contributed by atoms with Crippen LogP contribution in [0.2, 0.25) is 0 Å². The molecule has 1 aliphatic rings. The van der Waals surface area contributed by atoms with Crippen LogP contribution in [0, 0.1) is 17.3 Å². The van der Waals surface area contributed by atoms with Crippen molar-refractivity contribution in [3.63, 3.8) is 0 Å². The quantitative estimate of drug-likeness (QED) is 0.593. The molecule has 1 rings (SSSR count). The SMILES string of the molecule is CC(=O)[NH][Ti+2].CC(C)[O-].CC(C)[O-].CCC(C)C1(C(C)CC)CCCC(NC(C)=O)C1. The molecule has 0 heterocycles. The molecule has 0 spiro atoms. The number of nitrogens with one attached hydrogen (secondary N) is 2. The first kappa shape index (κ1) is 35.2. The van der Waals surface area contributed by atoms with E-state index in [9.17, 15) is 19.8 Å². The Bertz CT molecular complexity index is 437. The average Bonchev–Trinajstić information content (AvgIpc) is 2.65. The maximum absolute atomic E-state index is 11.3. The Hall–Kier alpha value is -0.426. The molecule has 1 aliphatic carbocycles. The zero-order valence-electron chi connectivity index (χ0n) is 21.8. The van der Waals surface area contributed by atoms with E-state index in [2.05, 4.69) is 36.8 Å². The van der Waals surface area contributed by atoms with Gasteiger partial charge in [-0.2, -0.15) is 0 Å². The Kier molecular flexibility index (Phi) is 22.9. The molecular weight excluding hydrogens is 428 g/mol. The number of carbonyl (C=O) groups excluding carboxylic acids is 2. The fourth-order valence-corrected chi connectivity index (χ4v) is 3.95. The van der Waals surface area contributed by atoms with Gasteiger partial charge in [0.15, 0.2) is 0 Å². The van der Waals surface area contributed by atoms with Gasteiger partial charge in [0.2, 0.25) is 5.91 Å². The Morgan fingerprint density at radius 1 is 0.935 bits per heavy atom. The minimum Gasteiger partial charge on any atom is -0.852 e. The standard InChI is InChI=1S/C16H31NO.2C3H7O.C2H5NO.Ti/c1-6-12(3)16(13(4)7-2)10-8-9-15(11-16)17-14(5)18;2*1-3(2)4;1-2(3)4;/h12-13,15H,6-11H2,1-5H3,(H,17,18);2*3H,1-2H3;1H3,(H2,3,4);/q;2*-1;;+3/p-1. The molecule has 31 heavy (non-hydrogen) atoms. The first-order valence-corrected chi connectivity index (χ1v) is 12.5. The number of amides is 2. The van der Waals surface area contributed by atoms with Crippen molar-refractivity contribution < 1.29 is 40.5 Å². The number of hydrogen-bond donors (Lipinski definition) is 2. The van der Waals surface area contributed by atoms with Gasteiger partial charge in [0.25, 0.3) is 0 Å². The molecule has 0 aromatic carbocycles. The third kappa shape index (κ3) is 19.9. The largest absolute Gasteiger partial charge is 0.852 e. The van der Waals surface area contributed by atoms with E-state index in [0.717, 1.165) is 18.3 Å². The summed E-state index contributed by atoms with van der Waals surface area (Å²) in [5.41, 5.74) is 0.439. The van der Waals surface area contributed by atoms with Gasteiger partial charge >= 0.3 is 42.1 Å². The van der Waals surface area contributed by atoms with Crippen LogP contribution >= 0.6 is 0 Å². The van der Waals surface area contributed by atoms with E-state index in [1.54, 1.807) is 55.3 Å². The predicted molar refractivity (Wildman–Crippen MR) is 122 cm³/mol. The summed E-state index contributed by atoms with van der Waals surface area (Å²) in [5, 5.41) is 22.2. The Morgan fingerprint density at radius 2 is 1.29 bits per heavy atom. The summed E-state index contributed by atoms with van der Waals surface area (Å²) in [6, 6.07) is 0.402. The van der Waals surface area contributed by atoms with E-state index in [0.29, 0.717) is 11.5 Å². The number of rotatable bonds is 5. The van der Waals surface area contributed by atoms with Crippen molar-refractivity contribution >= 4 is 11.8 Å². The second-order valence-electron chi connectivity index (χ2n) is 9.12. The van der Waals surface area contributed by atoms with Crippen LogP contribution in [0.25, 0.3) is 0 Å². The molecule has 0 aromatic heterocycles. The van der Waals surface area contributed by atoms with Gasteiger partial charge in [0, 0.05) is 13.0 Å². The molecule has 0 radical (unpaired) electrons. The molecular formula is C24H49N2O4Ti. The summed E-state index contributed by atoms with van der Waals surface area (Å²) < 4.78 is 2.39. The van der Waals surface area contributed by atoms with E-state index in [4.69, 9.17) is 0 Å². The summed E-state index contributed by atoms with van der Waals surface area (Å²) in [6.45, 7) is 19.0. The van der Waals surface area contributed by atoms with Gasteiger partial charge in [0.05, 0.1) is 0 Å². The van der Waals surface area contributed by atoms with Crippen molar-refractivity contribution in [1.29, 1.82) is 0 Å². The summed E-state index contributed by atoms with van der Waals surface area (Å²) >= 11 is 1.60. The molecule has 183 valence electrons. The van der Waals surface area contributed by atoms with E-state index in [1.807, 2.05) is 0 Å². The molecule has 7 heteroatoms. The smallest absolute Gasteiger partial charge is 0.217 e. The first-order valence-electron chi connectivity index (χ1n) is 11.7. The van der Waals surface area contributed by atoms with Crippen LogP contribution in [-0.4, -0.2) is 30.1 Å². The van der Waals surface area contributed by atoms with Crippen molar-refractivity contribution in [1.82, 2.24) is 9.12 Å². The molecule has 2 N–H and O–H groups in total. The van der Waals surface area contributed by atoms with Gasteiger partial charge in [-0.3, -0.25) is 4.79 Å². The van der Waals surface area contributed by atoms with Crippen LogP contribution in [-0.2, 0) is 30.3 Å². The van der Waals surface area contributed by atoms with Crippen molar-refractivity contribution in [2.75, 3.05) is 0 Å². The summed E-state index contributed by atoms with van der Waals surface area (Å²) in [7, 11) is 0. The van der Waals surface area contributed by atoms with E-state index in [-0.39, 0.29) is 11.8 Å². The fourth-order valence-electron chi connectivity index (χ4n) is 3.95. The topological polar surface area (TPSA) is 104 Å². The summed E-state index contributed by atoms with van der Waals surface area (Å²) in [4.78, 5) is 21.0. The van der Waals surface area contributed by atoms with Gasteiger partial charge in [-0.15, -0.1) is 12.2 Å². The molecule has 3 unspecified atom stereocenters. The Balaban J connectivity index is -0.000000493. The molecule has 1 fully saturated rings. The van der Waals surface area contributed by atoms with E-state index >= 15 is 0 Å². The third-order valence-corrected chi connectivity index (χ3v) is 6.14. The molecule has 3 atom stereocenters. The van der Waals surface area contributed by atoms with Gasteiger partial charge in [-0.25, -0.2) is 0 Å². The maximum atomic E-state index is 11.3. The van der Waals surface area contributed by atoms with Crippen LogP contribution in [0.3, 0.4) is 0 Å². The summed E-state index contributed by atoms with van der Waals surface area (Å²) in [5.74, 6) is 1.64. The van der Waals surface area contributed by atoms with Crippen LogP contribution < -0.4 is 19.3 Å². The van der Waals surface area contributed by atoms with Crippen molar-refractivity contribution in [2.45, 2.75) is 126 Å². The fraction of sp³-hybridized carbons (Fsp3) is 0.917. The summed E-state index contributed by atoms with van der Waals surface area (Å²) in [6.07, 6.45) is 6.60. The molecule has 0 bridgehead atoms. The Labute approximate surface area is 204 Å². The Morgan fingerprint density at radius 3 is 1.55 bits per heavy atom. The second-order valence-corrected chi connectivity index (χ2v) is 9.51. The van der Waals surface area contributed by atoms with E-state index in [1.165, 1.54) is 39.0 Å². The molecule has 0 saturated heterocycles. The third-order valence-electron chi connectivity index (χ3n) is 5.59. The van der Waals surface area contributed by atoms with Crippen molar-refractivity contribution in [3.05, 3.63) is 0 Å². The maximum Gasteiger partial charge on any atom is 0.217 e. The van der Waals surface area contributed by atoms with Crippen LogP contribution in [0.15, 0.2) is 0 Å². The zero-order valence-corrected chi connectivity index (χ0v) is 23.3. The number of hydrogen-bond acceptors (Lipinski definition) is 4. The molecule has 6 nitrogen and oxygen atoms in total. The van der Waals surface area contributed by atoms with Crippen LogP contribution in [0.1, 0.15) is 108 Å². The van der Waals surface area contributed by atoms with Crippen molar-refractivity contribution in [2.24, 2.45) is 17.3 Å². The normalized spacial score (nSPS) is 21.9. The van der Waals surface area contributed by atoms with Gasteiger partial charge in [0.1, 0.15) is 0 Å². The van der Waals surface area contributed by atoms with Gasteiger partial charge < -0.3 is 15.5 Å². The van der Waals surface area contributed by atoms with Crippen LogP contribution in [0.5, 0.6) is 0 Å². The molecule has 0 aromatic rings. The average molecular weight is 478 g/mol. The molecule has 0 aliphatic heterocycles. The van der Waals surface area contributed by atoms with Crippen molar-refractivity contribution in [3.8, 4) is 0 Å². The minimum absolute atomic E-state index is 0.00463. The number of carbonyl (C=O) groups is 2. The zero-order chi connectivity index (χ0) is 25.2. The minimum atomic E-state index is -0.417. The van der Waals surface area contributed by atoms with E-state index < -0.39 is 12.2 Å². The van der Waals surface area contributed by atoms with Gasteiger partial charge in [-0.05, 0) is 36.5 Å². The van der Waals surface area contributed by atoms with Crippen LogP contribution in [0.4, 0.5) is 0 Å². The second kappa shape index (κ2) is 20.2.